The van der Waals surface area contributed by atoms with Crippen molar-refractivity contribution in [2.45, 2.75) is 20.4 Å². The van der Waals surface area contributed by atoms with Crippen molar-refractivity contribution in [3.63, 3.8) is 0 Å². The van der Waals surface area contributed by atoms with Crippen LogP contribution in [0.15, 0.2) is 6.07 Å². The average molecular weight is 338 g/mol. The van der Waals surface area contributed by atoms with Gasteiger partial charge in [-0.05, 0) is 19.9 Å². The Bertz CT molecular complexity index is 432. The number of piperazine rings is 1. The Labute approximate surface area is 138 Å². The third-order valence-corrected chi connectivity index (χ3v) is 3.36. The Morgan fingerprint density at radius 1 is 1.33 bits per heavy atom. The highest BCUT2D eigenvalue weighted by atomic mass is 35.5. The molecule has 0 aliphatic carbocycles. The Morgan fingerprint density at radius 2 is 2.00 bits per heavy atom. The molecule has 6 nitrogen and oxygen atoms in total. The van der Waals surface area contributed by atoms with Gasteiger partial charge in [0.25, 0.3) is 0 Å². The molecular formula is C13H25Cl2N5O. The van der Waals surface area contributed by atoms with Crippen LogP contribution in [0.3, 0.4) is 0 Å². The molecule has 0 atom stereocenters. The zero-order valence-corrected chi connectivity index (χ0v) is 14.2. The molecule has 8 heteroatoms. The predicted octanol–water partition coefficient (Wildman–Crippen LogP) is 0.365. The van der Waals surface area contributed by atoms with Gasteiger partial charge < -0.3 is 10.6 Å². The largest absolute Gasteiger partial charge is 0.353 e. The zero-order valence-electron chi connectivity index (χ0n) is 12.6. The van der Waals surface area contributed by atoms with Crippen molar-refractivity contribution >= 4 is 30.7 Å². The quantitative estimate of drug-likeness (QED) is 0.814. The van der Waals surface area contributed by atoms with Crippen LogP contribution in [0.5, 0.6) is 0 Å². The summed E-state index contributed by atoms with van der Waals surface area (Å²) in [7, 11) is 0. The first kappa shape index (κ1) is 20.2. The van der Waals surface area contributed by atoms with Gasteiger partial charge in [0.05, 0.1) is 5.69 Å². The smallest absolute Gasteiger partial charge is 0.241 e. The topological polar surface area (TPSA) is 62.2 Å². The molecule has 122 valence electrons. The first-order chi connectivity index (χ1) is 9.15. The van der Waals surface area contributed by atoms with E-state index in [-0.39, 0.29) is 30.7 Å². The monoisotopic (exact) mass is 337 g/mol. The van der Waals surface area contributed by atoms with Gasteiger partial charge in [0.1, 0.15) is 6.54 Å². The molecule has 1 aromatic rings. The lowest BCUT2D eigenvalue weighted by molar-refractivity contribution is -0.121. The molecule has 1 saturated heterocycles. The number of hydrogen-bond acceptors (Lipinski definition) is 4. The number of halogens is 2. The summed E-state index contributed by atoms with van der Waals surface area (Å²) in [4.78, 5) is 14.2. The van der Waals surface area contributed by atoms with Crippen LogP contribution in [0, 0.1) is 13.8 Å². The third-order valence-electron chi connectivity index (χ3n) is 3.36. The van der Waals surface area contributed by atoms with Gasteiger partial charge in [-0.2, -0.15) is 5.10 Å². The van der Waals surface area contributed by atoms with Crippen LogP contribution >= 0.6 is 24.8 Å². The molecule has 2 N–H and O–H groups in total. The molecule has 21 heavy (non-hydrogen) atoms. The summed E-state index contributed by atoms with van der Waals surface area (Å²) in [6.45, 7) is 10.0. The lowest BCUT2D eigenvalue weighted by Crippen LogP contribution is -2.46. The van der Waals surface area contributed by atoms with Gasteiger partial charge in [0.15, 0.2) is 0 Å². The molecule has 0 saturated carbocycles. The van der Waals surface area contributed by atoms with Gasteiger partial charge in [-0.3, -0.25) is 14.4 Å². The van der Waals surface area contributed by atoms with Crippen LogP contribution in [0.25, 0.3) is 0 Å². The number of amides is 1. The molecule has 1 amide bonds. The number of nitrogens with one attached hydrogen (secondary N) is 2. The maximum absolute atomic E-state index is 11.8. The molecule has 2 rings (SSSR count). The Kier molecular flexibility index (Phi) is 9.61. The van der Waals surface area contributed by atoms with Gasteiger partial charge in [0.2, 0.25) is 5.91 Å². The predicted molar refractivity (Wildman–Crippen MR) is 88.5 cm³/mol. The molecule has 0 radical (unpaired) electrons. The van der Waals surface area contributed by atoms with Crippen LogP contribution in [-0.2, 0) is 11.3 Å². The van der Waals surface area contributed by atoms with E-state index in [9.17, 15) is 4.79 Å². The molecule has 2 heterocycles. The maximum atomic E-state index is 11.8. The van der Waals surface area contributed by atoms with E-state index in [1.807, 2.05) is 19.9 Å². The van der Waals surface area contributed by atoms with Crippen LogP contribution in [0.2, 0.25) is 0 Å². The van der Waals surface area contributed by atoms with Crippen LogP contribution < -0.4 is 10.6 Å². The molecule has 0 spiro atoms. The average Bonchev–Trinajstić information content (AvgIpc) is 2.69. The summed E-state index contributed by atoms with van der Waals surface area (Å²) < 4.78 is 1.75. The summed E-state index contributed by atoms with van der Waals surface area (Å²) in [6.07, 6.45) is 0. The second kappa shape index (κ2) is 10.00. The van der Waals surface area contributed by atoms with Crippen molar-refractivity contribution in [3.05, 3.63) is 17.5 Å². The van der Waals surface area contributed by atoms with Gasteiger partial charge in [-0.15, -0.1) is 24.8 Å². The molecule has 1 aromatic heterocycles. The Balaban J connectivity index is 0.00000200. The molecule has 1 fully saturated rings. The van der Waals surface area contributed by atoms with Crippen molar-refractivity contribution in [2.24, 2.45) is 0 Å². The Hall–Kier alpha value is -0.820. The first-order valence-electron chi connectivity index (χ1n) is 6.86. The summed E-state index contributed by atoms with van der Waals surface area (Å²) in [5, 5.41) is 10.6. The van der Waals surface area contributed by atoms with Crippen molar-refractivity contribution < 1.29 is 4.79 Å². The fourth-order valence-electron chi connectivity index (χ4n) is 2.32. The van der Waals surface area contributed by atoms with Crippen LogP contribution in [0.1, 0.15) is 11.4 Å². The lowest BCUT2D eigenvalue weighted by atomic mass is 10.3. The number of rotatable bonds is 5. The van der Waals surface area contributed by atoms with E-state index in [4.69, 9.17) is 0 Å². The molecule has 0 bridgehead atoms. The SMILES string of the molecule is Cc1cc(C)n(CC(=O)NCCN2CCNCC2)n1.Cl.Cl. The minimum atomic E-state index is 0. The first-order valence-corrected chi connectivity index (χ1v) is 6.86. The Morgan fingerprint density at radius 3 is 2.57 bits per heavy atom. The molecule has 0 aromatic carbocycles. The van der Waals surface area contributed by atoms with E-state index < -0.39 is 0 Å². The van der Waals surface area contributed by atoms with Crippen LogP contribution in [-0.4, -0.2) is 59.9 Å². The fourth-order valence-corrected chi connectivity index (χ4v) is 2.32. The minimum absolute atomic E-state index is 0. The third kappa shape index (κ3) is 6.65. The highest BCUT2D eigenvalue weighted by Crippen LogP contribution is 2.00. The van der Waals surface area contributed by atoms with Crippen molar-refractivity contribution in [1.82, 2.24) is 25.3 Å². The number of aryl methyl sites for hydroxylation is 2. The van der Waals surface area contributed by atoms with Crippen molar-refractivity contribution in [1.29, 1.82) is 0 Å². The highest BCUT2D eigenvalue weighted by Gasteiger charge is 2.10. The highest BCUT2D eigenvalue weighted by molar-refractivity contribution is 5.85. The molecule has 1 aliphatic heterocycles. The fraction of sp³-hybridized carbons (Fsp3) is 0.692. The number of carbonyl (C=O) groups is 1. The van der Waals surface area contributed by atoms with E-state index in [2.05, 4.69) is 20.6 Å². The molecule has 1 aliphatic rings. The van der Waals surface area contributed by atoms with E-state index in [0.717, 1.165) is 44.1 Å². The van der Waals surface area contributed by atoms with E-state index in [0.29, 0.717) is 13.1 Å². The minimum Gasteiger partial charge on any atom is -0.353 e. The van der Waals surface area contributed by atoms with E-state index in [1.54, 1.807) is 4.68 Å². The van der Waals surface area contributed by atoms with Crippen molar-refractivity contribution in [3.8, 4) is 0 Å². The summed E-state index contributed by atoms with van der Waals surface area (Å²) in [5.74, 6) is 0.0290. The van der Waals surface area contributed by atoms with Gasteiger partial charge >= 0.3 is 0 Å². The lowest BCUT2D eigenvalue weighted by Gasteiger charge is -2.27. The normalized spacial score (nSPS) is 15.0. The van der Waals surface area contributed by atoms with Crippen molar-refractivity contribution in [2.75, 3.05) is 39.3 Å². The van der Waals surface area contributed by atoms with Gasteiger partial charge in [0, 0.05) is 45.0 Å². The summed E-state index contributed by atoms with van der Waals surface area (Å²) in [6, 6.07) is 1.98. The number of hydrogen-bond donors (Lipinski definition) is 2. The second-order valence-corrected chi connectivity index (χ2v) is 5.03. The van der Waals surface area contributed by atoms with Crippen LogP contribution in [0.4, 0.5) is 0 Å². The standard InChI is InChI=1S/C13H23N5O.2ClH/c1-11-9-12(2)18(16-11)10-13(19)15-5-8-17-6-3-14-4-7-17;;/h9,14H,3-8,10H2,1-2H3,(H,15,19);2*1H. The second-order valence-electron chi connectivity index (χ2n) is 5.03. The summed E-state index contributed by atoms with van der Waals surface area (Å²) in [5.41, 5.74) is 1.97. The molecule has 0 unspecified atom stereocenters. The van der Waals surface area contributed by atoms with E-state index >= 15 is 0 Å². The number of nitrogens with zero attached hydrogens (tertiary/aromatic N) is 3. The van der Waals surface area contributed by atoms with Gasteiger partial charge in [-0.25, -0.2) is 0 Å². The van der Waals surface area contributed by atoms with E-state index in [1.165, 1.54) is 0 Å². The summed E-state index contributed by atoms with van der Waals surface area (Å²) >= 11 is 0. The maximum Gasteiger partial charge on any atom is 0.241 e. The number of aromatic nitrogens is 2. The molecular weight excluding hydrogens is 313 g/mol. The van der Waals surface area contributed by atoms with Gasteiger partial charge in [-0.1, -0.05) is 0 Å². The number of carbonyl (C=O) groups excluding carboxylic acids is 1. The zero-order chi connectivity index (χ0) is 13.7.